The van der Waals surface area contributed by atoms with Crippen molar-refractivity contribution < 1.29 is 0 Å². The molecule has 0 aliphatic heterocycles. The largest absolute Gasteiger partial charge is 0.198 e. The van der Waals surface area contributed by atoms with Crippen molar-refractivity contribution in [3.05, 3.63) is 0 Å². The van der Waals surface area contributed by atoms with Gasteiger partial charge in [0.2, 0.25) is 0 Å². The van der Waals surface area contributed by atoms with Gasteiger partial charge in [-0.2, -0.15) is 17.0 Å². The highest BCUT2D eigenvalue weighted by Crippen LogP contribution is 2.34. The molecule has 0 aromatic carbocycles. The summed E-state index contributed by atoms with van der Waals surface area (Å²) in [5.74, 6) is 0. The summed E-state index contributed by atoms with van der Waals surface area (Å²) in [6.07, 6.45) is 7.45. The van der Waals surface area contributed by atoms with Crippen molar-refractivity contribution in [3.8, 4) is 6.07 Å². The average Bonchev–Trinajstić information content (AvgIpc) is 2.56. The van der Waals surface area contributed by atoms with Gasteiger partial charge in [-0.25, -0.2) is 0 Å². The normalized spacial score (nSPS) is 20.7. The smallest absolute Gasteiger partial charge is 0.0633 e. The molecule has 1 fully saturated rings. The second-order valence-electron chi connectivity index (χ2n) is 3.44. The molecule has 0 saturated heterocycles. The third-order valence-corrected chi connectivity index (χ3v) is 4.20. The monoisotopic (exact) mass is 183 g/mol. The van der Waals surface area contributed by atoms with Crippen molar-refractivity contribution >= 4 is 11.8 Å². The molecule has 12 heavy (non-hydrogen) atoms. The zero-order valence-electron chi connectivity index (χ0n) is 7.75. The highest BCUT2D eigenvalue weighted by atomic mass is 32.2. The van der Waals surface area contributed by atoms with E-state index in [0.717, 1.165) is 18.1 Å². The Morgan fingerprint density at radius 3 is 2.67 bits per heavy atom. The van der Waals surface area contributed by atoms with Gasteiger partial charge in [0, 0.05) is 16.9 Å². The van der Waals surface area contributed by atoms with Crippen LogP contribution < -0.4 is 0 Å². The summed E-state index contributed by atoms with van der Waals surface area (Å²) in [5.41, 5.74) is 0. The Kier molecular flexibility index (Phi) is 4.53. The molecule has 1 unspecified atom stereocenters. The van der Waals surface area contributed by atoms with Crippen LogP contribution in [0.3, 0.4) is 0 Å². The maximum Gasteiger partial charge on any atom is 0.0633 e. The van der Waals surface area contributed by atoms with E-state index < -0.39 is 0 Å². The number of thioether (sulfide) groups is 1. The summed E-state index contributed by atoms with van der Waals surface area (Å²) >= 11 is 2.05. The van der Waals surface area contributed by atoms with Gasteiger partial charge in [0.05, 0.1) is 6.07 Å². The molecule has 0 radical (unpaired) electrons. The van der Waals surface area contributed by atoms with Gasteiger partial charge >= 0.3 is 0 Å². The van der Waals surface area contributed by atoms with Crippen LogP contribution in [-0.4, -0.2) is 10.5 Å². The SMILES string of the molecule is CCC(CC#N)SC1CCCC1. The second-order valence-corrected chi connectivity index (χ2v) is 5.04. The summed E-state index contributed by atoms with van der Waals surface area (Å²) in [7, 11) is 0. The zero-order valence-corrected chi connectivity index (χ0v) is 8.57. The predicted molar refractivity (Wildman–Crippen MR) is 54.2 cm³/mol. The van der Waals surface area contributed by atoms with Crippen LogP contribution >= 0.6 is 11.8 Å². The van der Waals surface area contributed by atoms with Crippen molar-refractivity contribution in [1.29, 1.82) is 5.26 Å². The molecule has 1 atom stereocenters. The molecule has 0 heterocycles. The fourth-order valence-electron chi connectivity index (χ4n) is 1.69. The fraction of sp³-hybridized carbons (Fsp3) is 0.900. The summed E-state index contributed by atoms with van der Waals surface area (Å²) in [6, 6.07) is 2.27. The highest BCUT2D eigenvalue weighted by molar-refractivity contribution is 8.00. The third kappa shape index (κ3) is 3.06. The summed E-state index contributed by atoms with van der Waals surface area (Å²) in [5, 5.41) is 10.0. The highest BCUT2D eigenvalue weighted by Gasteiger charge is 2.19. The van der Waals surface area contributed by atoms with Crippen molar-refractivity contribution in [1.82, 2.24) is 0 Å². The van der Waals surface area contributed by atoms with Crippen LogP contribution in [-0.2, 0) is 0 Å². The molecule has 0 aromatic rings. The lowest BCUT2D eigenvalue weighted by Gasteiger charge is -2.15. The van der Waals surface area contributed by atoms with Crippen LogP contribution in [0.4, 0.5) is 0 Å². The van der Waals surface area contributed by atoms with E-state index in [1.54, 1.807) is 0 Å². The van der Waals surface area contributed by atoms with Gasteiger partial charge in [-0.3, -0.25) is 0 Å². The molecule has 68 valence electrons. The van der Waals surface area contributed by atoms with E-state index in [4.69, 9.17) is 5.26 Å². The van der Waals surface area contributed by atoms with Crippen LogP contribution in [0.15, 0.2) is 0 Å². The van der Waals surface area contributed by atoms with Gasteiger partial charge < -0.3 is 0 Å². The zero-order chi connectivity index (χ0) is 8.81. The fourth-order valence-corrected chi connectivity index (χ4v) is 3.20. The van der Waals surface area contributed by atoms with E-state index in [-0.39, 0.29) is 0 Å². The molecule has 0 N–H and O–H groups in total. The van der Waals surface area contributed by atoms with Crippen LogP contribution in [0.2, 0.25) is 0 Å². The van der Waals surface area contributed by atoms with Crippen LogP contribution in [0.1, 0.15) is 45.4 Å². The van der Waals surface area contributed by atoms with Crippen LogP contribution in [0.5, 0.6) is 0 Å². The van der Waals surface area contributed by atoms with Crippen molar-refractivity contribution in [2.24, 2.45) is 0 Å². The molecule has 1 nitrogen and oxygen atoms in total. The Morgan fingerprint density at radius 2 is 2.17 bits per heavy atom. The Balaban J connectivity index is 2.21. The minimum atomic E-state index is 0.595. The van der Waals surface area contributed by atoms with Gasteiger partial charge in [0.25, 0.3) is 0 Å². The van der Waals surface area contributed by atoms with Gasteiger partial charge in [0.1, 0.15) is 0 Å². The number of nitrogens with zero attached hydrogens (tertiary/aromatic N) is 1. The molecule has 1 aliphatic rings. The lowest BCUT2D eigenvalue weighted by atomic mass is 10.3. The minimum Gasteiger partial charge on any atom is -0.198 e. The van der Waals surface area contributed by atoms with E-state index in [1.165, 1.54) is 25.7 Å². The van der Waals surface area contributed by atoms with Gasteiger partial charge in [0.15, 0.2) is 0 Å². The molecule has 0 amide bonds. The van der Waals surface area contributed by atoms with Gasteiger partial charge in [-0.1, -0.05) is 19.8 Å². The molecule has 1 aliphatic carbocycles. The lowest BCUT2D eigenvalue weighted by molar-refractivity contribution is 0.818. The molecule has 1 rings (SSSR count). The molecular weight excluding hydrogens is 166 g/mol. The van der Waals surface area contributed by atoms with Crippen LogP contribution in [0.25, 0.3) is 0 Å². The lowest BCUT2D eigenvalue weighted by Crippen LogP contribution is -2.06. The first-order valence-electron chi connectivity index (χ1n) is 4.89. The quantitative estimate of drug-likeness (QED) is 0.667. The minimum absolute atomic E-state index is 0.595. The summed E-state index contributed by atoms with van der Waals surface area (Å²) in [6.45, 7) is 2.18. The number of rotatable bonds is 4. The summed E-state index contributed by atoms with van der Waals surface area (Å²) in [4.78, 5) is 0. The standard InChI is InChI=1S/C10H17NS/c1-2-9(7-8-11)12-10-5-3-4-6-10/h9-10H,2-7H2,1H3. The maximum absolute atomic E-state index is 8.58. The molecule has 0 spiro atoms. The first kappa shape index (κ1) is 9.92. The van der Waals surface area contributed by atoms with E-state index in [1.807, 2.05) is 0 Å². The molecule has 0 aromatic heterocycles. The van der Waals surface area contributed by atoms with E-state index in [9.17, 15) is 0 Å². The first-order valence-corrected chi connectivity index (χ1v) is 5.83. The maximum atomic E-state index is 8.58. The number of hydrogen-bond acceptors (Lipinski definition) is 2. The van der Waals surface area contributed by atoms with E-state index in [0.29, 0.717) is 5.25 Å². The van der Waals surface area contributed by atoms with E-state index in [2.05, 4.69) is 24.8 Å². The van der Waals surface area contributed by atoms with Crippen LogP contribution in [0, 0.1) is 11.3 Å². The molecule has 0 bridgehead atoms. The van der Waals surface area contributed by atoms with Gasteiger partial charge in [-0.05, 0) is 19.3 Å². The second kappa shape index (κ2) is 5.48. The summed E-state index contributed by atoms with van der Waals surface area (Å²) < 4.78 is 0. The van der Waals surface area contributed by atoms with Crippen molar-refractivity contribution in [2.75, 3.05) is 0 Å². The topological polar surface area (TPSA) is 23.8 Å². The number of nitriles is 1. The number of hydrogen-bond donors (Lipinski definition) is 0. The van der Waals surface area contributed by atoms with Gasteiger partial charge in [-0.15, -0.1) is 0 Å². The molecule has 1 saturated carbocycles. The third-order valence-electron chi connectivity index (χ3n) is 2.46. The Morgan fingerprint density at radius 1 is 1.50 bits per heavy atom. The van der Waals surface area contributed by atoms with Crippen molar-refractivity contribution in [2.45, 2.75) is 55.9 Å². The Bertz CT molecular complexity index is 156. The Labute approximate surface area is 79.5 Å². The average molecular weight is 183 g/mol. The molecular formula is C10H17NS. The van der Waals surface area contributed by atoms with Crippen molar-refractivity contribution in [3.63, 3.8) is 0 Å². The van der Waals surface area contributed by atoms with E-state index >= 15 is 0 Å². The predicted octanol–water partition coefficient (Wildman–Crippen LogP) is 3.35. The molecule has 2 heteroatoms. The first-order chi connectivity index (χ1) is 5.86. The Hall–Kier alpha value is -0.160.